The maximum absolute atomic E-state index is 5.54. The summed E-state index contributed by atoms with van der Waals surface area (Å²) in [6, 6.07) is 64.8. The number of fused-ring (bicyclic) bond motifs is 15. The molecule has 0 saturated carbocycles. The van der Waals surface area contributed by atoms with Crippen molar-refractivity contribution in [2.75, 3.05) is 0 Å². The first kappa shape index (κ1) is 37.1. The van der Waals surface area contributed by atoms with Crippen molar-refractivity contribution in [3.63, 3.8) is 0 Å². The third-order valence-electron chi connectivity index (χ3n) is 14.1. The minimum atomic E-state index is 0.464. The number of allylic oxidation sites excluding steroid dienone is 4. The Bertz CT molecular complexity index is 4490. The highest BCUT2D eigenvalue weighted by Crippen LogP contribution is 2.45. The van der Waals surface area contributed by atoms with E-state index in [9.17, 15) is 0 Å². The van der Waals surface area contributed by atoms with Gasteiger partial charge < -0.3 is 9.13 Å². The van der Waals surface area contributed by atoms with E-state index in [1.54, 1.807) is 0 Å². The van der Waals surface area contributed by atoms with Gasteiger partial charge in [0.25, 0.3) is 0 Å². The van der Waals surface area contributed by atoms with Gasteiger partial charge in [0.1, 0.15) is 5.69 Å². The lowest BCUT2D eigenvalue weighted by molar-refractivity contribution is 0.979. The molecule has 8 aromatic carbocycles. The summed E-state index contributed by atoms with van der Waals surface area (Å²) in [5.74, 6) is 1.37. The monoisotopic (exact) mass is 870 g/mol. The number of nitrogens with zero attached hydrogens (tertiary/aromatic N) is 8. The third-order valence-corrected chi connectivity index (χ3v) is 14.1. The van der Waals surface area contributed by atoms with Crippen molar-refractivity contribution in [1.82, 2.24) is 38.2 Å². The van der Waals surface area contributed by atoms with Crippen molar-refractivity contribution in [3.8, 4) is 28.6 Å². The lowest BCUT2D eigenvalue weighted by Crippen LogP contribution is -2.07. The number of hydrogen-bond acceptors (Lipinski definition) is 4. The summed E-state index contributed by atoms with van der Waals surface area (Å²) < 4.78 is 9.44. The zero-order chi connectivity index (χ0) is 44.5. The lowest BCUT2D eigenvalue weighted by atomic mass is 10.1. The molecule has 0 spiro atoms. The standard InChI is InChI=1S/C60H38N8/c1-4-18-37(19-5-1)54-60(68-49-30-16-12-24-40(49)43-34-35-51-53(55(43)68)46-27-13-17-31-50(46)65(51)38-20-6-2-7-21-38)64-58-59(63-54)62-52(36-61-58)67-48-29-15-11-26-42(48)45-33-32-44-41-25-10-14-28-47(41)66(56(44)57(45)67)39-22-8-3-9-23-39/h1-6,8-20,22-36H,7,21H2. The van der Waals surface area contributed by atoms with E-state index in [0.717, 1.165) is 89.9 Å². The molecular formula is C60H38N8. The molecule has 0 fully saturated rings. The molecule has 1 aliphatic carbocycles. The predicted octanol–water partition coefficient (Wildman–Crippen LogP) is 14.7. The summed E-state index contributed by atoms with van der Waals surface area (Å²) in [6.07, 6.45) is 10.5. The maximum Gasteiger partial charge on any atom is 0.200 e. The van der Waals surface area contributed by atoms with Crippen molar-refractivity contribution < 1.29 is 0 Å². The Morgan fingerprint density at radius 3 is 1.63 bits per heavy atom. The van der Waals surface area contributed by atoms with E-state index in [2.05, 4.69) is 212 Å². The molecule has 0 aliphatic heterocycles. The minimum absolute atomic E-state index is 0.464. The maximum atomic E-state index is 5.54. The molecular weight excluding hydrogens is 833 g/mol. The van der Waals surface area contributed by atoms with E-state index < -0.39 is 0 Å². The zero-order valence-corrected chi connectivity index (χ0v) is 36.6. The third kappa shape index (κ3) is 5.14. The van der Waals surface area contributed by atoms with Gasteiger partial charge in [-0.1, -0.05) is 152 Å². The Kier molecular flexibility index (Phi) is 7.74. The Morgan fingerprint density at radius 2 is 0.956 bits per heavy atom. The van der Waals surface area contributed by atoms with Crippen molar-refractivity contribution in [1.29, 1.82) is 0 Å². The number of hydrogen-bond donors (Lipinski definition) is 0. The van der Waals surface area contributed by atoms with Crippen LogP contribution in [0.4, 0.5) is 0 Å². The summed E-state index contributed by atoms with van der Waals surface area (Å²) in [5, 5.41) is 9.30. The highest BCUT2D eigenvalue weighted by Gasteiger charge is 2.26. The van der Waals surface area contributed by atoms with Crippen LogP contribution >= 0.6 is 0 Å². The van der Waals surface area contributed by atoms with E-state index in [0.29, 0.717) is 22.9 Å². The van der Waals surface area contributed by atoms with Crippen molar-refractivity contribution in [2.24, 2.45) is 0 Å². The van der Waals surface area contributed by atoms with Gasteiger partial charge in [-0.25, -0.2) is 19.9 Å². The van der Waals surface area contributed by atoms with Crippen LogP contribution in [0.25, 0.3) is 133 Å². The topological polar surface area (TPSA) is 71.3 Å². The van der Waals surface area contributed by atoms with Crippen LogP contribution in [0.3, 0.4) is 0 Å². The Morgan fingerprint density at radius 1 is 0.397 bits per heavy atom. The van der Waals surface area contributed by atoms with Crippen molar-refractivity contribution in [2.45, 2.75) is 12.8 Å². The summed E-state index contributed by atoms with van der Waals surface area (Å²) in [4.78, 5) is 21.7. The largest absolute Gasteiger partial charge is 0.313 e. The van der Waals surface area contributed by atoms with Crippen LogP contribution in [0.15, 0.2) is 206 Å². The lowest BCUT2D eigenvalue weighted by Gasteiger charge is -2.15. The van der Waals surface area contributed by atoms with E-state index >= 15 is 0 Å². The first-order valence-corrected chi connectivity index (χ1v) is 23.2. The fourth-order valence-corrected chi connectivity index (χ4v) is 11.3. The molecule has 68 heavy (non-hydrogen) atoms. The Labute approximate surface area is 388 Å². The molecule has 0 radical (unpaired) electrons. The van der Waals surface area contributed by atoms with Crippen LogP contribution in [0.1, 0.15) is 12.8 Å². The van der Waals surface area contributed by atoms with Crippen molar-refractivity contribution >= 4 is 104 Å². The first-order valence-electron chi connectivity index (χ1n) is 23.2. The second-order valence-electron chi connectivity index (χ2n) is 17.7. The first-order chi connectivity index (χ1) is 33.8. The van der Waals surface area contributed by atoms with Gasteiger partial charge in [-0.2, -0.15) is 0 Å². The normalized spacial score (nSPS) is 13.2. The van der Waals surface area contributed by atoms with Gasteiger partial charge >= 0.3 is 0 Å². The number of para-hydroxylation sites is 5. The molecule has 8 heteroatoms. The molecule has 14 aromatic rings. The highest BCUT2D eigenvalue weighted by atomic mass is 15.2. The van der Waals surface area contributed by atoms with Crippen LogP contribution < -0.4 is 0 Å². The molecule has 0 saturated heterocycles. The summed E-state index contributed by atoms with van der Waals surface area (Å²) in [6.45, 7) is 0. The molecule has 0 bridgehead atoms. The van der Waals surface area contributed by atoms with E-state index in [1.165, 1.54) is 32.8 Å². The van der Waals surface area contributed by atoms with Crippen LogP contribution in [-0.2, 0) is 0 Å². The predicted molar refractivity (Wildman–Crippen MR) is 279 cm³/mol. The fraction of sp³-hybridized carbons (Fsp3) is 0.0333. The molecule has 15 rings (SSSR count). The summed E-state index contributed by atoms with van der Waals surface area (Å²) in [7, 11) is 0. The summed E-state index contributed by atoms with van der Waals surface area (Å²) >= 11 is 0. The van der Waals surface area contributed by atoms with Crippen LogP contribution in [0.2, 0.25) is 0 Å². The highest BCUT2D eigenvalue weighted by molar-refractivity contribution is 6.27. The summed E-state index contributed by atoms with van der Waals surface area (Å²) in [5.41, 5.74) is 13.8. The molecule has 6 aromatic heterocycles. The minimum Gasteiger partial charge on any atom is -0.313 e. The molecule has 6 heterocycles. The van der Waals surface area contributed by atoms with Crippen LogP contribution in [0, 0.1) is 0 Å². The van der Waals surface area contributed by atoms with Gasteiger partial charge in [0.15, 0.2) is 17.3 Å². The molecule has 1 aliphatic rings. The smallest absolute Gasteiger partial charge is 0.200 e. The van der Waals surface area contributed by atoms with E-state index in [-0.39, 0.29) is 0 Å². The van der Waals surface area contributed by atoms with Gasteiger partial charge in [-0.15, -0.1) is 0 Å². The van der Waals surface area contributed by atoms with Gasteiger partial charge in [-0.3, -0.25) is 9.13 Å². The average molecular weight is 871 g/mol. The molecule has 8 nitrogen and oxygen atoms in total. The van der Waals surface area contributed by atoms with Gasteiger partial charge in [-0.05, 0) is 61.4 Å². The van der Waals surface area contributed by atoms with E-state index in [1.807, 2.05) is 12.3 Å². The van der Waals surface area contributed by atoms with Crippen LogP contribution in [0.5, 0.6) is 0 Å². The molecule has 0 unspecified atom stereocenters. The van der Waals surface area contributed by atoms with E-state index in [4.69, 9.17) is 19.9 Å². The SMILES string of the molecule is C1=CCCC(n2c3ccccc3c3c2ccc2c4ccccc4n(-c4nc5ncc(-n6c7ccccc7c7ccc8c9ccccc9n(-c9ccccc9)c8c76)nc5nc4-c4ccccc4)c23)=C1. The Hall–Kier alpha value is -9.14. The second-order valence-corrected chi connectivity index (χ2v) is 17.7. The van der Waals surface area contributed by atoms with Gasteiger partial charge in [0.05, 0.1) is 50.3 Å². The van der Waals surface area contributed by atoms with Crippen molar-refractivity contribution in [3.05, 3.63) is 206 Å². The molecule has 0 N–H and O–H groups in total. The molecule has 0 atom stereocenters. The number of benzene rings is 8. The second kappa shape index (κ2) is 14.2. The fourth-order valence-electron chi connectivity index (χ4n) is 11.3. The number of aromatic nitrogens is 8. The number of rotatable bonds is 5. The quantitative estimate of drug-likeness (QED) is 0.173. The Balaban J connectivity index is 1.04. The average Bonchev–Trinajstić information content (AvgIpc) is 4.14. The van der Waals surface area contributed by atoms with Crippen LogP contribution in [-0.4, -0.2) is 38.2 Å². The zero-order valence-electron chi connectivity index (χ0n) is 36.6. The molecule has 318 valence electrons. The van der Waals surface area contributed by atoms with Gasteiger partial charge in [0.2, 0.25) is 5.65 Å². The molecule has 0 amide bonds. The van der Waals surface area contributed by atoms with Gasteiger partial charge in [0, 0.05) is 60.0 Å².